The zero-order valence-electron chi connectivity index (χ0n) is 20.2. The highest BCUT2D eigenvalue weighted by atomic mass is 16.5. The quantitative estimate of drug-likeness (QED) is 0.374. The van der Waals surface area contributed by atoms with Crippen LogP contribution in [0.4, 0.5) is 16.3 Å². The molecule has 5 N–H and O–H groups in total. The summed E-state index contributed by atoms with van der Waals surface area (Å²) in [6.45, 7) is 6.30. The van der Waals surface area contributed by atoms with E-state index in [0.717, 1.165) is 6.42 Å². The zero-order valence-corrected chi connectivity index (χ0v) is 20.2. The molecule has 2 aromatic rings. The Balaban J connectivity index is 2.12. The first-order chi connectivity index (χ1) is 16.8. The number of nitrogens with zero attached hydrogens (tertiary/aromatic N) is 2. The number of unbranched alkanes of at least 4 members (excludes halogenated alkanes) is 1. The summed E-state index contributed by atoms with van der Waals surface area (Å²) in [6, 6.07) is 7.82. The van der Waals surface area contributed by atoms with Crippen molar-refractivity contribution < 1.29 is 14.3 Å². The van der Waals surface area contributed by atoms with Crippen LogP contribution in [0.25, 0.3) is 0 Å². The van der Waals surface area contributed by atoms with E-state index in [4.69, 9.17) is 10.5 Å². The van der Waals surface area contributed by atoms with E-state index in [2.05, 4.69) is 15.6 Å². The van der Waals surface area contributed by atoms with E-state index in [-0.39, 0.29) is 35.9 Å². The van der Waals surface area contributed by atoms with Gasteiger partial charge in [-0.3, -0.25) is 14.3 Å². The minimum atomic E-state index is -0.744. The number of aromatic nitrogens is 2. The largest absolute Gasteiger partial charge is 0.463 e. The van der Waals surface area contributed by atoms with Crippen molar-refractivity contribution in [1.82, 2.24) is 20.2 Å². The van der Waals surface area contributed by atoms with Gasteiger partial charge in [0.25, 0.3) is 5.56 Å². The Labute approximate surface area is 203 Å². The minimum absolute atomic E-state index is 0.0132. The number of esters is 1. The van der Waals surface area contributed by atoms with Gasteiger partial charge in [0, 0.05) is 13.1 Å². The maximum Gasteiger partial charge on any atom is 0.338 e. The number of anilines is 2. The van der Waals surface area contributed by atoms with Crippen LogP contribution in [0, 0.1) is 0 Å². The van der Waals surface area contributed by atoms with Crippen LogP contribution in [0.2, 0.25) is 0 Å². The Morgan fingerprint density at radius 1 is 1.14 bits per heavy atom. The van der Waals surface area contributed by atoms with Gasteiger partial charge in [0.1, 0.15) is 11.5 Å². The summed E-state index contributed by atoms with van der Waals surface area (Å²) >= 11 is 0. The maximum absolute atomic E-state index is 13.0. The normalized spacial score (nSPS) is 15.4. The van der Waals surface area contributed by atoms with Crippen molar-refractivity contribution in [2.24, 2.45) is 0 Å². The number of nitrogens with one attached hydrogen (secondary N) is 3. The lowest BCUT2D eigenvalue weighted by Crippen LogP contribution is -2.49. The first-order valence-electron chi connectivity index (χ1n) is 11.7. The summed E-state index contributed by atoms with van der Waals surface area (Å²) in [6.07, 6.45) is 1.55. The number of hydrogen-bond acceptors (Lipinski definition) is 7. The SMILES string of the molecule is CCCCn1c(N)c(N(CC)CC2=C(C(=O)OCC)C(c3ccccc3)NC(=O)N2)c(=O)[nH]c1=O. The average Bonchev–Trinajstić information content (AvgIpc) is 2.83. The molecule has 0 saturated carbocycles. The van der Waals surface area contributed by atoms with Crippen LogP contribution in [0.5, 0.6) is 0 Å². The number of likely N-dealkylation sites (N-methyl/N-ethyl adjacent to an activating group) is 1. The summed E-state index contributed by atoms with van der Waals surface area (Å²) in [5.41, 5.74) is 6.39. The van der Waals surface area contributed by atoms with Crippen LogP contribution in [-0.2, 0) is 16.1 Å². The van der Waals surface area contributed by atoms with E-state index < -0.39 is 29.3 Å². The molecule has 188 valence electrons. The number of aromatic amines is 1. The number of carbonyl (C=O) groups is 2. The average molecular weight is 485 g/mol. The van der Waals surface area contributed by atoms with E-state index in [1.54, 1.807) is 24.0 Å². The van der Waals surface area contributed by atoms with Crippen molar-refractivity contribution in [3.8, 4) is 0 Å². The van der Waals surface area contributed by atoms with Gasteiger partial charge < -0.3 is 26.0 Å². The molecule has 1 aromatic carbocycles. The molecule has 1 aromatic heterocycles. The van der Waals surface area contributed by atoms with Gasteiger partial charge in [-0.2, -0.15) is 0 Å². The first-order valence-corrected chi connectivity index (χ1v) is 11.7. The van der Waals surface area contributed by atoms with E-state index >= 15 is 0 Å². The molecule has 0 aliphatic carbocycles. The van der Waals surface area contributed by atoms with Crippen LogP contribution < -0.4 is 32.5 Å². The Morgan fingerprint density at radius 3 is 2.49 bits per heavy atom. The number of hydrogen-bond donors (Lipinski definition) is 4. The molecule has 0 radical (unpaired) electrons. The Bertz CT molecular complexity index is 1220. The Morgan fingerprint density at radius 2 is 1.86 bits per heavy atom. The van der Waals surface area contributed by atoms with Crippen molar-refractivity contribution in [2.75, 3.05) is 30.3 Å². The lowest BCUT2D eigenvalue weighted by molar-refractivity contribution is -0.139. The summed E-state index contributed by atoms with van der Waals surface area (Å²) in [5.74, 6) is -0.554. The molecule has 0 fully saturated rings. The molecule has 1 unspecified atom stereocenters. The first kappa shape index (κ1) is 25.6. The van der Waals surface area contributed by atoms with Crippen LogP contribution in [0.1, 0.15) is 45.2 Å². The molecular weight excluding hydrogens is 452 g/mol. The number of carbonyl (C=O) groups excluding carboxylic acids is 2. The number of amides is 2. The van der Waals surface area contributed by atoms with E-state index in [1.165, 1.54) is 4.57 Å². The van der Waals surface area contributed by atoms with Gasteiger partial charge in [-0.05, 0) is 25.8 Å². The summed E-state index contributed by atoms with van der Waals surface area (Å²) in [7, 11) is 0. The highest BCUT2D eigenvalue weighted by molar-refractivity contribution is 5.95. The van der Waals surface area contributed by atoms with Gasteiger partial charge in [-0.25, -0.2) is 14.4 Å². The summed E-state index contributed by atoms with van der Waals surface area (Å²) in [4.78, 5) is 54.7. The van der Waals surface area contributed by atoms with Gasteiger partial charge >= 0.3 is 17.7 Å². The second kappa shape index (κ2) is 11.4. The molecule has 2 heterocycles. The molecule has 11 heteroatoms. The fraction of sp³-hybridized carbons (Fsp3) is 0.417. The third-order valence-electron chi connectivity index (χ3n) is 5.78. The third kappa shape index (κ3) is 5.56. The molecule has 0 spiro atoms. The van der Waals surface area contributed by atoms with Gasteiger partial charge in [0.05, 0.1) is 30.5 Å². The lowest BCUT2D eigenvalue weighted by atomic mass is 9.95. The second-order valence-electron chi connectivity index (χ2n) is 8.07. The van der Waals surface area contributed by atoms with Crippen LogP contribution in [0.15, 0.2) is 51.2 Å². The van der Waals surface area contributed by atoms with Crippen LogP contribution >= 0.6 is 0 Å². The monoisotopic (exact) mass is 484 g/mol. The maximum atomic E-state index is 13.0. The van der Waals surface area contributed by atoms with E-state index in [0.29, 0.717) is 25.1 Å². The Hall–Kier alpha value is -4.02. The molecule has 1 aliphatic rings. The second-order valence-corrected chi connectivity index (χ2v) is 8.07. The molecule has 0 bridgehead atoms. The molecular formula is C24H32N6O5. The number of urea groups is 1. The topological polar surface area (TPSA) is 152 Å². The summed E-state index contributed by atoms with van der Waals surface area (Å²) < 4.78 is 6.63. The van der Waals surface area contributed by atoms with E-state index in [1.807, 2.05) is 32.0 Å². The van der Waals surface area contributed by atoms with Crippen molar-refractivity contribution in [2.45, 2.75) is 46.2 Å². The highest BCUT2D eigenvalue weighted by Crippen LogP contribution is 2.29. The Kier molecular flexibility index (Phi) is 8.34. The van der Waals surface area contributed by atoms with Gasteiger partial charge in [0.2, 0.25) is 0 Å². The van der Waals surface area contributed by atoms with E-state index in [9.17, 15) is 19.2 Å². The summed E-state index contributed by atoms with van der Waals surface area (Å²) in [5, 5.41) is 5.49. The van der Waals surface area contributed by atoms with Crippen molar-refractivity contribution in [1.29, 1.82) is 0 Å². The van der Waals surface area contributed by atoms with Crippen LogP contribution in [0.3, 0.4) is 0 Å². The molecule has 3 rings (SSSR count). The number of ether oxygens (including phenoxy) is 1. The fourth-order valence-electron chi connectivity index (χ4n) is 4.05. The number of nitrogens with two attached hydrogens (primary N) is 1. The smallest absolute Gasteiger partial charge is 0.338 e. The van der Waals surface area contributed by atoms with Gasteiger partial charge in [-0.15, -0.1) is 0 Å². The highest BCUT2D eigenvalue weighted by Gasteiger charge is 2.34. The zero-order chi connectivity index (χ0) is 25.5. The van der Waals surface area contributed by atoms with Gasteiger partial charge in [0.15, 0.2) is 0 Å². The van der Waals surface area contributed by atoms with Crippen molar-refractivity contribution in [3.05, 3.63) is 68.0 Å². The predicted molar refractivity (Wildman–Crippen MR) is 133 cm³/mol. The predicted octanol–water partition coefficient (Wildman–Crippen LogP) is 1.62. The standard InChI is InChI=1S/C24H32N6O5/c1-4-7-13-30-20(25)19(21(31)28-24(30)34)29(5-2)14-16-17(22(32)35-6-3)18(27-23(33)26-16)15-11-9-8-10-12-15/h8-12,18H,4-7,13-14,25H2,1-3H3,(H2,26,27,33)(H,28,31,34). The fourth-order valence-corrected chi connectivity index (χ4v) is 4.05. The minimum Gasteiger partial charge on any atom is -0.463 e. The molecule has 2 amide bonds. The number of nitrogen functional groups attached to an aromatic ring is 1. The third-order valence-corrected chi connectivity index (χ3v) is 5.78. The molecule has 1 aliphatic heterocycles. The molecule has 11 nitrogen and oxygen atoms in total. The molecule has 1 atom stereocenters. The number of rotatable bonds is 10. The van der Waals surface area contributed by atoms with Crippen molar-refractivity contribution >= 4 is 23.5 Å². The lowest BCUT2D eigenvalue weighted by Gasteiger charge is -2.32. The van der Waals surface area contributed by atoms with Gasteiger partial charge in [-0.1, -0.05) is 43.7 Å². The molecule has 0 saturated heterocycles. The van der Waals surface area contributed by atoms with Crippen molar-refractivity contribution in [3.63, 3.8) is 0 Å². The number of H-pyrrole nitrogens is 1. The molecule has 35 heavy (non-hydrogen) atoms. The number of benzene rings is 1. The van der Waals surface area contributed by atoms with Crippen LogP contribution in [-0.4, -0.2) is 41.2 Å².